The van der Waals surface area contributed by atoms with Gasteiger partial charge in [0, 0.05) is 12.1 Å². The van der Waals surface area contributed by atoms with E-state index >= 15 is 0 Å². The van der Waals surface area contributed by atoms with Gasteiger partial charge in [-0.15, -0.1) is 0 Å². The van der Waals surface area contributed by atoms with Crippen LogP contribution in [-0.4, -0.2) is 12.1 Å². The number of hydrogen-bond acceptors (Lipinski definition) is 2. The molecule has 100 valence electrons. The van der Waals surface area contributed by atoms with Crippen molar-refractivity contribution >= 4 is 0 Å². The lowest BCUT2D eigenvalue weighted by atomic mass is 10.0. The van der Waals surface area contributed by atoms with Crippen LogP contribution in [0.5, 0.6) is 0 Å². The Morgan fingerprint density at radius 3 is 1.44 bits per heavy atom. The van der Waals surface area contributed by atoms with E-state index in [1.807, 2.05) is 0 Å². The van der Waals surface area contributed by atoms with Crippen molar-refractivity contribution in [3.8, 4) is 0 Å². The third kappa shape index (κ3) is 19.5. The average molecular weight is 230 g/mol. The van der Waals surface area contributed by atoms with Crippen molar-refractivity contribution in [3.05, 3.63) is 0 Å². The average Bonchev–Trinajstić information content (AvgIpc) is 2.14. The van der Waals surface area contributed by atoms with Crippen LogP contribution >= 0.6 is 0 Å². The van der Waals surface area contributed by atoms with Gasteiger partial charge >= 0.3 is 0 Å². The van der Waals surface area contributed by atoms with Gasteiger partial charge in [0.15, 0.2) is 0 Å². The number of nitrogens with two attached hydrogens (primary N) is 2. The molecule has 0 fully saturated rings. The zero-order valence-electron chi connectivity index (χ0n) is 12.3. The van der Waals surface area contributed by atoms with Crippen LogP contribution in [0.3, 0.4) is 0 Å². The summed E-state index contributed by atoms with van der Waals surface area (Å²) in [4.78, 5) is 0. The van der Waals surface area contributed by atoms with E-state index in [2.05, 4.69) is 41.5 Å². The monoisotopic (exact) mass is 230 g/mol. The minimum Gasteiger partial charge on any atom is -0.328 e. The molecule has 0 saturated carbocycles. The van der Waals surface area contributed by atoms with Crippen molar-refractivity contribution in [2.45, 2.75) is 79.3 Å². The van der Waals surface area contributed by atoms with E-state index in [0.717, 1.165) is 24.7 Å². The highest BCUT2D eigenvalue weighted by atomic mass is 14.6. The minimum atomic E-state index is 0.380. The van der Waals surface area contributed by atoms with Crippen LogP contribution in [0.4, 0.5) is 0 Å². The van der Waals surface area contributed by atoms with Crippen molar-refractivity contribution in [1.29, 1.82) is 0 Å². The Morgan fingerprint density at radius 2 is 1.31 bits per heavy atom. The molecule has 0 spiro atoms. The van der Waals surface area contributed by atoms with Crippen LogP contribution < -0.4 is 11.5 Å². The summed E-state index contributed by atoms with van der Waals surface area (Å²) in [5.74, 6) is 1.61. The minimum absolute atomic E-state index is 0.380. The molecular formula is C14H34N2. The van der Waals surface area contributed by atoms with Crippen molar-refractivity contribution in [2.24, 2.45) is 23.3 Å². The van der Waals surface area contributed by atoms with Crippen molar-refractivity contribution < 1.29 is 0 Å². The number of rotatable bonds is 6. The Labute approximate surface area is 103 Å². The van der Waals surface area contributed by atoms with Gasteiger partial charge in [-0.05, 0) is 44.9 Å². The van der Waals surface area contributed by atoms with Crippen molar-refractivity contribution in [2.75, 3.05) is 0 Å². The third-order valence-electron chi connectivity index (χ3n) is 2.67. The van der Waals surface area contributed by atoms with Crippen LogP contribution in [0.15, 0.2) is 0 Å². The maximum atomic E-state index is 5.57. The Hall–Kier alpha value is -0.0800. The summed E-state index contributed by atoms with van der Waals surface area (Å²) in [6.07, 6.45) is 4.84. The van der Waals surface area contributed by atoms with Crippen LogP contribution in [0, 0.1) is 11.8 Å². The lowest BCUT2D eigenvalue weighted by Gasteiger charge is -2.09. The molecule has 0 radical (unpaired) electrons. The highest BCUT2D eigenvalue weighted by Crippen LogP contribution is 2.07. The van der Waals surface area contributed by atoms with Gasteiger partial charge in [-0.25, -0.2) is 0 Å². The molecule has 2 heteroatoms. The van der Waals surface area contributed by atoms with E-state index in [1.54, 1.807) is 0 Å². The smallest absolute Gasteiger partial charge is 0.00130 e. The third-order valence-corrected chi connectivity index (χ3v) is 2.67. The molecule has 3 atom stereocenters. The first-order valence-electron chi connectivity index (χ1n) is 6.80. The molecule has 0 amide bonds. The van der Waals surface area contributed by atoms with Gasteiger partial charge in [-0.1, -0.05) is 34.1 Å². The fourth-order valence-electron chi connectivity index (χ4n) is 1.40. The second kappa shape index (κ2) is 11.4. The summed E-state index contributed by atoms with van der Waals surface area (Å²) in [6, 6.07) is 0.766. The second-order valence-corrected chi connectivity index (χ2v) is 5.67. The molecule has 0 heterocycles. The molecule has 0 aliphatic heterocycles. The summed E-state index contributed by atoms with van der Waals surface area (Å²) in [5.41, 5.74) is 11.1. The molecule has 2 nitrogen and oxygen atoms in total. The van der Waals surface area contributed by atoms with Gasteiger partial charge in [0.1, 0.15) is 0 Å². The van der Waals surface area contributed by atoms with Crippen LogP contribution in [0.25, 0.3) is 0 Å². The van der Waals surface area contributed by atoms with Gasteiger partial charge < -0.3 is 11.5 Å². The van der Waals surface area contributed by atoms with E-state index in [4.69, 9.17) is 11.5 Å². The fraction of sp³-hybridized carbons (Fsp3) is 1.00. The molecule has 0 aromatic rings. The second-order valence-electron chi connectivity index (χ2n) is 5.67. The van der Waals surface area contributed by atoms with E-state index in [-0.39, 0.29) is 0 Å². The quantitative estimate of drug-likeness (QED) is 0.733. The predicted octanol–water partition coefficient (Wildman–Crippen LogP) is 3.54. The first kappa shape index (κ1) is 18.3. The van der Waals surface area contributed by atoms with E-state index in [9.17, 15) is 0 Å². The Balaban J connectivity index is 0. The lowest BCUT2D eigenvalue weighted by Crippen LogP contribution is -2.17. The van der Waals surface area contributed by atoms with Crippen LogP contribution in [-0.2, 0) is 0 Å². The first-order chi connectivity index (χ1) is 7.29. The standard InChI is InChI=1S/2C7H17N/c1-6(2)4-5-7(3)8;1-4-6(2)5-7(3)8/h2*6-7H,4-5,8H2,1-3H3. The molecule has 0 rings (SSSR count). The van der Waals surface area contributed by atoms with Gasteiger partial charge in [-0.2, -0.15) is 0 Å². The topological polar surface area (TPSA) is 52.0 Å². The molecular weight excluding hydrogens is 196 g/mol. The first-order valence-corrected chi connectivity index (χ1v) is 6.80. The van der Waals surface area contributed by atoms with Gasteiger partial charge in [0.25, 0.3) is 0 Å². The van der Waals surface area contributed by atoms with Gasteiger partial charge in [-0.3, -0.25) is 0 Å². The molecule has 0 bridgehead atoms. The maximum absolute atomic E-state index is 5.57. The Morgan fingerprint density at radius 1 is 0.812 bits per heavy atom. The lowest BCUT2D eigenvalue weighted by molar-refractivity contribution is 0.469. The molecule has 0 saturated heterocycles. The number of hydrogen-bond donors (Lipinski definition) is 2. The summed E-state index contributed by atoms with van der Waals surface area (Å²) >= 11 is 0. The van der Waals surface area contributed by atoms with E-state index in [0.29, 0.717) is 12.1 Å². The van der Waals surface area contributed by atoms with Crippen LogP contribution in [0.1, 0.15) is 67.2 Å². The predicted molar refractivity (Wildman–Crippen MR) is 75.4 cm³/mol. The zero-order valence-corrected chi connectivity index (χ0v) is 12.3. The molecule has 4 N–H and O–H groups in total. The molecule has 3 unspecified atom stereocenters. The fourth-order valence-corrected chi connectivity index (χ4v) is 1.40. The molecule has 0 aromatic carbocycles. The molecule has 0 aromatic heterocycles. The van der Waals surface area contributed by atoms with Crippen LogP contribution in [0.2, 0.25) is 0 Å². The molecule has 0 aliphatic carbocycles. The van der Waals surface area contributed by atoms with Gasteiger partial charge in [0.2, 0.25) is 0 Å². The summed E-state index contributed by atoms with van der Waals surface area (Å²) in [7, 11) is 0. The molecule has 16 heavy (non-hydrogen) atoms. The summed E-state index contributed by atoms with van der Waals surface area (Å²) < 4.78 is 0. The normalized spacial score (nSPS) is 16.3. The maximum Gasteiger partial charge on any atom is 0.00130 e. The summed E-state index contributed by atoms with van der Waals surface area (Å²) in [5, 5.41) is 0. The zero-order chi connectivity index (χ0) is 13.1. The Kier molecular flexibility index (Phi) is 13.0. The SMILES string of the molecule is CC(C)CCC(C)N.CCC(C)CC(C)N. The van der Waals surface area contributed by atoms with E-state index < -0.39 is 0 Å². The highest BCUT2D eigenvalue weighted by molar-refractivity contribution is 4.57. The molecule has 0 aliphatic rings. The Bertz CT molecular complexity index is 123. The largest absolute Gasteiger partial charge is 0.328 e. The van der Waals surface area contributed by atoms with Crippen molar-refractivity contribution in [3.63, 3.8) is 0 Å². The van der Waals surface area contributed by atoms with E-state index in [1.165, 1.54) is 12.8 Å². The van der Waals surface area contributed by atoms with Crippen molar-refractivity contribution in [1.82, 2.24) is 0 Å². The summed E-state index contributed by atoms with van der Waals surface area (Å²) in [6.45, 7) is 13.0. The van der Waals surface area contributed by atoms with Gasteiger partial charge in [0.05, 0.1) is 0 Å². The highest BCUT2D eigenvalue weighted by Gasteiger charge is 2.00.